The monoisotopic (exact) mass is 469 g/mol. The summed E-state index contributed by atoms with van der Waals surface area (Å²) in [5.41, 5.74) is 4.92. The Morgan fingerprint density at radius 2 is 2.00 bits per heavy atom. The van der Waals surface area contributed by atoms with E-state index >= 15 is 0 Å². The average molecular weight is 470 g/mol. The number of benzene rings is 1. The van der Waals surface area contributed by atoms with Crippen LogP contribution in [0.1, 0.15) is 22.5 Å². The predicted molar refractivity (Wildman–Crippen MR) is 128 cm³/mol. The molecule has 3 rings (SSSR count). The number of imidazole rings is 1. The summed E-state index contributed by atoms with van der Waals surface area (Å²) in [4.78, 5) is 16.5. The van der Waals surface area contributed by atoms with Crippen LogP contribution in [0.2, 0.25) is 0 Å². The fourth-order valence-corrected chi connectivity index (χ4v) is 4.40. The first-order chi connectivity index (χ1) is 15.6. The van der Waals surface area contributed by atoms with Gasteiger partial charge in [-0.25, -0.2) is 22.5 Å². The summed E-state index contributed by atoms with van der Waals surface area (Å²) in [6.07, 6.45) is 6.80. The molecule has 0 radical (unpaired) electrons. The molecule has 2 aromatic heterocycles. The molecule has 174 valence electrons. The van der Waals surface area contributed by atoms with Crippen molar-refractivity contribution < 1.29 is 17.9 Å². The summed E-state index contributed by atoms with van der Waals surface area (Å²) in [7, 11) is 0.541. The van der Waals surface area contributed by atoms with E-state index in [2.05, 4.69) is 21.5 Å². The van der Waals surface area contributed by atoms with Crippen LogP contribution in [-0.4, -0.2) is 49.4 Å². The normalized spacial score (nSPS) is 11.4. The van der Waals surface area contributed by atoms with Crippen molar-refractivity contribution >= 4 is 33.1 Å². The van der Waals surface area contributed by atoms with Crippen LogP contribution in [0.25, 0.3) is 5.65 Å². The zero-order valence-corrected chi connectivity index (χ0v) is 20.1. The SMILES string of the molecule is C#CCc1c(C)nc2c(NCc3c(C)cccc3NC(=O)OC)cc(S(=O)(=O)N(C)C)cn12. The van der Waals surface area contributed by atoms with Gasteiger partial charge in [-0.05, 0) is 37.1 Å². The average Bonchev–Trinajstić information content (AvgIpc) is 3.08. The van der Waals surface area contributed by atoms with Crippen molar-refractivity contribution in [3.63, 3.8) is 0 Å². The number of carbonyl (C=O) groups excluding carboxylic acids is 1. The third kappa shape index (κ3) is 4.79. The largest absolute Gasteiger partial charge is 0.453 e. The molecule has 0 atom stereocenters. The van der Waals surface area contributed by atoms with Crippen molar-refractivity contribution in [2.24, 2.45) is 0 Å². The molecule has 1 aromatic carbocycles. The van der Waals surface area contributed by atoms with Gasteiger partial charge in [-0.1, -0.05) is 12.1 Å². The summed E-state index contributed by atoms with van der Waals surface area (Å²) < 4.78 is 33.4. The Hall–Kier alpha value is -3.55. The van der Waals surface area contributed by atoms with E-state index < -0.39 is 16.1 Å². The lowest BCUT2D eigenvalue weighted by atomic mass is 10.1. The minimum atomic E-state index is -3.71. The summed E-state index contributed by atoms with van der Waals surface area (Å²) in [5.74, 6) is 2.61. The van der Waals surface area contributed by atoms with E-state index in [0.29, 0.717) is 30.0 Å². The predicted octanol–water partition coefficient (Wildman–Crippen LogP) is 3.17. The second kappa shape index (κ2) is 9.52. The molecule has 0 bridgehead atoms. The molecular weight excluding hydrogens is 442 g/mol. The van der Waals surface area contributed by atoms with Crippen molar-refractivity contribution in [3.8, 4) is 12.3 Å². The number of hydrogen-bond donors (Lipinski definition) is 2. The van der Waals surface area contributed by atoms with Gasteiger partial charge in [-0.15, -0.1) is 12.3 Å². The topological polar surface area (TPSA) is 105 Å². The number of ether oxygens (including phenoxy) is 1. The molecule has 0 saturated carbocycles. The van der Waals surface area contributed by atoms with E-state index in [1.165, 1.54) is 21.2 Å². The molecule has 2 heterocycles. The van der Waals surface area contributed by atoms with E-state index in [1.54, 1.807) is 22.7 Å². The van der Waals surface area contributed by atoms with E-state index in [9.17, 15) is 13.2 Å². The number of hydrogen-bond acceptors (Lipinski definition) is 6. The maximum absolute atomic E-state index is 12.9. The second-order valence-corrected chi connectivity index (χ2v) is 9.82. The molecule has 0 saturated heterocycles. The van der Waals surface area contributed by atoms with Gasteiger partial charge in [-0.2, -0.15) is 0 Å². The van der Waals surface area contributed by atoms with Gasteiger partial charge < -0.3 is 10.1 Å². The minimum absolute atomic E-state index is 0.107. The Balaban J connectivity index is 2.12. The lowest BCUT2D eigenvalue weighted by molar-refractivity contribution is 0.187. The first-order valence-electron chi connectivity index (χ1n) is 10.1. The van der Waals surface area contributed by atoms with Gasteiger partial charge >= 0.3 is 6.09 Å². The Morgan fingerprint density at radius 3 is 2.64 bits per heavy atom. The molecule has 0 aliphatic rings. The molecule has 1 amide bonds. The fraction of sp³-hybridized carbons (Fsp3) is 0.304. The lowest BCUT2D eigenvalue weighted by Crippen LogP contribution is -2.23. The number of fused-ring (bicyclic) bond motifs is 1. The van der Waals surface area contributed by atoms with E-state index in [0.717, 1.165) is 26.8 Å². The summed E-state index contributed by atoms with van der Waals surface area (Å²) in [6.45, 7) is 4.07. The van der Waals surface area contributed by atoms with Crippen LogP contribution in [0.4, 0.5) is 16.2 Å². The molecule has 10 heteroatoms. The van der Waals surface area contributed by atoms with Crippen LogP contribution < -0.4 is 10.6 Å². The maximum Gasteiger partial charge on any atom is 0.411 e. The smallest absolute Gasteiger partial charge is 0.411 e. The highest BCUT2D eigenvalue weighted by atomic mass is 32.2. The molecule has 0 spiro atoms. The van der Waals surface area contributed by atoms with Crippen LogP contribution in [0.5, 0.6) is 0 Å². The molecule has 0 aliphatic heterocycles. The highest BCUT2D eigenvalue weighted by Crippen LogP contribution is 2.28. The molecule has 33 heavy (non-hydrogen) atoms. The van der Waals surface area contributed by atoms with Gasteiger partial charge in [0.15, 0.2) is 5.65 Å². The number of nitrogens with one attached hydrogen (secondary N) is 2. The molecule has 0 unspecified atom stereocenters. The minimum Gasteiger partial charge on any atom is -0.453 e. The Bertz CT molecular complexity index is 1350. The number of aryl methyl sites for hydroxylation is 2. The zero-order chi connectivity index (χ0) is 24.3. The maximum atomic E-state index is 12.9. The van der Waals surface area contributed by atoms with Crippen LogP contribution in [0.3, 0.4) is 0 Å². The fourth-order valence-electron chi connectivity index (χ4n) is 3.47. The van der Waals surface area contributed by atoms with Crippen molar-refractivity contribution in [3.05, 3.63) is 53.0 Å². The number of carbonyl (C=O) groups is 1. The number of anilines is 2. The molecular formula is C23H27N5O4S. The molecule has 3 aromatic rings. The highest BCUT2D eigenvalue weighted by molar-refractivity contribution is 7.89. The van der Waals surface area contributed by atoms with Gasteiger partial charge in [0.25, 0.3) is 0 Å². The van der Waals surface area contributed by atoms with Crippen LogP contribution >= 0.6 is 0 Å². The van der Waals surface area contributed by atoms with E-state index in [1.807, 2.05) is 26.0 Å². The number of sulfonamides is 1. The quantitative estimate of drug-likeness (QED) is 0.515. The summed E-state index contributed by atoms with van der Waals surface area (Å²) in [5, 5.41) is 6.01. The van der Waals surface area contributed by atoms with Crippen molar-refractivity contribution in [1.29, 1.82) is 0 Å². The molecule has 2 N–H and O–H groups in total. The lowest BCUT2D eigenvalue weighted by Gasteiger charge is -2.17. The van der Waals surface area contributed by atoms with Crippen molar-refractivity contribution in [2.45, 2.75) is 31.7 Å². The van der Waals surface area contributed by atoms with E-state index in [4.69, 9.17) is 11.2 Å². The third-order valence-corrected chi connectivity index (χ3v) is 7.11. The third-order valence-electron chi connectivity index (χ3n) is 5.33. The number of nitrogens with zero attached hydrogens (tertiary/aromatic N) is 3. The Labute approximate surface area is 193 Å². The van der Waals surface area contributed by atoms with Crippen LogP contribution in [0.15, 0.2) is 35.4 Å². The Morgan fingerprint density at radius 1 is 1.27 bits per heavy atom. The first kappa shape index (κ1) is 24.1. The van der Waals surface area contributed by atoms with Gasteiger partial charge in [0.2, 0.25) is 10.0 Å². The number of aromatic nitrogens is 2. The number of amides is 1. The van der Waals surface area contributed by atoms with Gasteiger partial charge in [0.05, 0.1) is 30.6 Å². The highest BCUT2D eigenvalue weighted by Gasteiger charge is 2.22. The Kier molecular flexibility index (Phi) is 6.95. The second-order valence-electron chi connectivity index (χ2n) is 7.67. The molecule has 9 nitrogen and oxygen atoms in total. The number of terminal acetylenes is 1. The number of pyridine rings is 1. The van der Waals surface area contributed by atoms with Gasteiger partial charge in [0, 0.05) is 32.5 Å². The first-order valence-corrected chi connectivity index (χ1v) is 11.6. The van der Waals surface area contributed by atoms with Crippen molar-refractivity contribution in [2.75, 3.05) is 31.8 Å². The van der Waals surface area contributed by atoms with E-state index in [-0.39, 0.29) is 4.90 Å². The van der Waals surface area contributed by atoms with Gasteiger partial charge in [-0.3, -0.25) is 9.72 Å². The number of methoxy groups -OCH3 is 1. The molecule has 0 fully saturated rings. The van der Waals surface area contributed by atoms with Crippen LogP contribution in [-0.2, 0) is 27.7 Å². The van der Waals surface area contributed by atoms with Crippen molar-refractivity contribution in [1.82, 2.24) is 13.7 Å². The van der Waals surface area contributed by atoms with Gasteiger partial charge in [0.1, 0.15) is 4.90 Å². The zero-order valence-electron chi connectivity index (χ0n) is 19.3. The summed E-state index contributed by atoms with van der Waals surface area (Å²) in [6, 6.07) is 7.08. The molecule has 0 aliphatic carbocycles. The standard InChI is InChI=1S/C23H27N5O4S/c1-7-9-21-16(3)25-22-20(12-17(14-28(21)22)33(30,31)27(4)5)24-13-18-15(2)10-8-11-19(18)26-23(29)32-6/h1,8,10-12,14,24H,9,13H2,2-6H3,(H,26,29). The summed E-state index contributed by atoms with van der Waals surface area (Å²) >= 11 is 0. The number of rotatable bonds is 7. The van der Waals surface area contributed by atoms with Crippen LogP contribution in [0, 0.1) is 26.2 Å².